The molecule has 145 heavy (non-hydrogen) atoms. The maximum atomic E-state index is 14.5. The van der Waals surface area contributed by atoms with E-state index in [1.165, 1.54) is 31.6 Å². The second-order valence-corrected chi connectivity index (χ2v) is 37.3. The molecule has 5 atom stereocenters. The van der Waals surface area contributed by atoms with Gasteiger partial charge in [0.25, 0.3) is 0 Å². The predicted molar refractivity (Wildman–Crippen MR) is 547 cm³/mol. The summed E-state index contributed by atoms with van der Waals surface area (Å²) >= 11 is 0. The highest BCUT2D eigenvalue weighted by molar-refractivity contribution is 5.97. The molecule has 0 saturated carbocycles. The van der Waals surface area contributed by atoms with Crippen LogP contribution >= 0.6 is 0 Å². The minimum atomic E-state index is -0.416. The number of aromatic nitrogens is 10. The Balaban J connectivity index is 0.000000115. The minimum Gasteiger partial charge on any atom is -0.486 e. The number of piperazine rings is 3. The Hall–Kier alpha value is -14.8. The number of aliphatic hydroxyl groups excluding tert-OH is 1. The lowest BCUT2D eigenvalue weighted by molar-refractivity contribution is 0.0442. The first-order valence-electron chi connectivity index (χ1n) is 48.5. The number of hydrogen-bond donors (Lipinski definition) is 7. The maximum absolute atomic E-state index is 14.5. The molecule has 33 nitrogen and oxygen atoms in total. The molecule has 2 unspecified atom stereocenters. The minimum absolute atomic E-state index is 0.0115. The van der Waals surface area contributed by atoms with Crippen molar-refractivity contribution in [1.82, 2.24) is 84.6 Å². The number of aryl methyl sites for hydroxylation is 5. The third-order valence-electron chi connectivity index (χ3n) is 26.2. The second-order valence-electron chi connectivity index (χ2n) is 37.3. The number of likely N-dealkylation sites (N-methyl/N-ethyl adjacent to an activating group) is 2. The summed E-state index contributed by atoms with van der Waals surface area (Å²) < 4.78 is 132. The molecule has 8 aliphatic heterocycles. The summed E-state index contributed by atoms with van der Waals surface area (Å²) in [6.45, 7) is 26.6. The molecule has 7 N–H and O–H groups in total. The molecule has 8 aliphatic rings. The lowest BCUT2D eigenvalue weighted by atomic mass is 10.1. The summed E-state index contributed by atoms with van der Waals surface area (Å²) in [6, 6.07) is 44.5. The van der Waals surface area contributed by atoms with Gasteiger partial charge in [0.05, 0.1) is 62.6 Å². The van der Waals surface area contributed by atoms with E-state index < -0.39 is 6.10 Å². The van der Waals surface area contributed by atoms with Crippen LogP contribution in [0.2, 0.25) is 0 Å². The molecule has 3 fully saturated rings. The molecule has 0 radical (unpaired) electrons. The number of nitrogens with one attached hydrogen (secondary N) is 6. The molecular weight excluding hydrogens is 1860 g/mol. The second kappa shape index (κ2) is 45.0. The fourth-order valence-corrected chi connectivity index (χ4v) is 17.9. The Kier molecular flexibility index (Phi) is 30.7. The van der Waals surface area contributed by atoms with Crippen LogP contribution in [0.4, 0.5) is 79.5 Å². The van der Waals surface area contributed by atoms with Crippen LogP contribution in [0, 0.1) is 63.7 Å². The number of benzene rings is 10. The predicted octanol–water partition coefficient (Wildman–Crippen LogP) is 16.1. The van der Waals surface area contributed by atoms with E-state index in [4.69, 9.17) is 47.4 Å². The molecule has 5 aromatic heterocycles. The van der Waals surface area contributed by atoms with E-state index in [0.717, 1.165) is 133 Å². The zero-order valence-corrected chi connectivity index (χ0v) is 82.0. The number of fused-ring (bicyclic) bond motifs is 10. The van der Waals surface area contributed by atoms with E-state index in [9.17, 15) is 27.1 Å². The molecule has 0 aliphatic carbocycles. The third kappa shape index (κ3) is 23.7. The third-order valence-corrected chi connectivity index (χ3v) is 26.2. The molecule has 0 amide bonds. The topological polar surface area (TPSA) is 333 Å². The lowest BCUT2D eigenvalue weighted by Gasteiger charge is -2.36. The van der Waals surface area contributed by atoms with Gasteiger partial charge in [0.15, 0.2) is 63.6 Å². The van der Waals surface area contributed by atoms with E-state index in [-0.39, 0.29) is 66.7 Å². The quantitative estimate of drug-likeness (QED) is 0.0349. The normalized spacial score (nSPS) is 18.1. The molecule has 0 bridgehead atoms. The van der Waals surface area contributed by atoms with Gasteiger partial charge in [-0.1, -0.05) is 60.7 Å². The summed E-state index contributed by atoms with van der Waals surface area (Å²) in [5, 5.41) is 31.7. The fourth-order valence-electron chi connectivity index (χ4n) is 17.9. The molecule has 3 saturated heterocycles. The van der Waals surface area contributed by atoms with Crippen LogP contribution in [0.3, 0.4) is 0 Å². The average molecular weight is 1980 g/mol. The maximum Gasteiger partial charge on any atom is 0.163 e. The van der Waals surface area contributed by atoms with E-state index in [0.29, 0.717) is 202 Å². The molecule has 15 aromatic rings. The SMILES string of the molecule is Cc1cccc(Nc2ncnc3cc4c(cc23)OC(CCN(C)C)CO4)c1F.Cc1cccc(Nc2ncnc3cc4c(cc23)OC(CN2CCN(C)CC2)CO4)c1F.Cc1cccc(Nc2ncnc3cc4c(cc23)O[C@@H](CN2CCN(C)CC2)CO4)c1F.Cc1cccc(Nc2ncnc3cc4c(cc23)O[C@@H](CN2CCNCC2)CO4)c1F.Cc1cccc(Nc2ncnc3cc4c(cc23)O[C@@H](CO)CO4)c1F. The lowest BCUT2D eigenvalue weighted by Crippen LogP contribution is -2.49. The number of nitrogens with zero attached hydrogens (tertiary/aromatic N) is 16. The Labute approximate surface area is 835 Å². The molecule has 754 valence electrons. The van der Waals surface area contributed by atoms with Gasteiger partial charge in [-0.3, -0.25) is 14.7 Å². The van der Waals surface area contributed by atoms with Crippen molar-refractivity contribution in [3.8, 4) is 57.5 Å². The highest BCUT2D eigenvalue weighted by Gasteiger charge is 2.33. The number of rotatable bonds is 20. The van der Waals surface area contributed by atoms with Crippen LogP contribution in [-0.4, -0.2) is 287 Å². The van der Waals surface area contributed by atoms with Crippen LogP contribution in [0.5, 0.6) is 57.5 Å². The van der Waals surface area contributed by atoms with Gasteiger partial charge in [-0.15, -0.1) is 0 Å². The fraction of sp³-hybridized carbons (Fsp3) is 0.346. The summed E-state index contributed by atoms with van der Waals surface area (Å²) in [5.74, 6) is 7.48. The number of anilines is 10. The van der Waals surface area contributed by atoms with Gasteiger partial charge in [-0.2, -0.15) is 0 Å². The summed E-state index contributed by atoms with van der Waals surface area (Å²) in [5.41, 5.74) is 8.17. The Morgan fingerprint density at radius 3 is 0.821 bits per heavy atom. The van der Waals surface area contributed by atoms with Crippen LogP contribution in [0.1, 0.15) is 34.2 Å². The van der Waals surface area contributed by atoms with Crippen molar-refractivity contribution in [2.45, 2.75) is 71.6 Å². The van der Waals surface area contributed by atoms with E-state index in [1.54, 1.807) is 120 Å². The van der Waals surface area contributed by atoms with Gasteiger partial charge >= 0.3 is 0 Å². The van der Waals surface area contributed by atoms with E-state index in [1.807, 2.05) is 80.8 Å². The van der Waals surface area contributed by atoms with Crippen molar-refractivity contribution >= 4 is 112 Å². The number of aliphatic hydroxyl groups is 1. The van der Waals surface area contributed by atoms with Crippen molar-refractivity contribution in [1.29, 1.82) is 0 Å². The summed E-state index contributed by atoms with van der Waals surface area (Å²) in [7, 11) is 8.36. The Bertz CT molecular complexity index is 7000. The highest BCUT2D eigenvalue weighted by Crippen LogP contribution is 2.45. The monoisotopic (exact) mass is 1980 g/mol. The first-order chi connectivity index (χ1) is 70.5. The summed E-state index contributed by atoms with van der Waals surface area (Å²) in [6.07, 6.45) is 7.57. The average Bonchev–Trinajstić information content (AvgIpc) is 0.791. The zero-order valence-electron chi connectivity index (χ0n) is 82.0. The van der Waals surface area contributed by atoms with E-state index >= 15 is 0 Å². The van der Waals surface area contributed by atoms with Crippen LogP contribution in [-0.2, 0) is 0 Å². The standard InChI is InChI=1S/2C23H26FN5O2.C22H24FN5O2.C21H23FN4O2.C18H16FN3O3/c2*1-15-4-3-5-18(22(15)24)27-23-17-10-21-20(11-19(17)25-14-26-23)30-13-16(31-21)12-29-8-6-28(2)7-9-29;1-14-3-2-4-17(21(14)23)27-22-16-9-20-19(10-18(16)25-13-26-22)29-12-15(30-20)11-28-7-5-24-6-8-28;1-13-5-4-6-16(20(13)22)25-21-15-9-19-18(10-17(15)23-12-24-21)27-11-14(28-19)7-8-26(2)3;1-10-3-2-4-13(17(10)19)22-18-12-5-16-15(6-14(12)20-9-21-18)24-8-11(7-23)25-16/h2*3-5,10-11,14,16H,6-9,12-13H2,1-2H3,(H,25,26,27);2-4,9-10,13,15,24H,5-8,11-12H2,1H3,(H,25,26,27);4-6,9-10,12,14H,7-8,11H2,1-3H3,(H,23,24,25);2-6,9,11,23H,7-8H2,1H3,(H,20,21,22)/t16-;;15-;;11-/m0.0.0/s1. The molecule has 38 heteroatoms. The van der Waals surface area contributed by atoms with Gasteiger partial charge in [0, 0.05) is 168 Å². The summed E-state index contributed by atoms with van der Waals surface area (Å²) in [4.78, 5) is 57.2. The van der Waals surface area contributed by atoms with Crippen LogP contribution < -0.4 is 79.3 Å². The molecule has 10 aromatic carbocycles. The van der Waals surface area contributed by atoms with Crippen molar-refractivity contribution in [3.63, 3.8) is 0 Å². The number of hydrogen-bond acceptors (Lipinski definition) is 33. The van der Waals surface area contributed by atoms with Crippen LogP contribution in [0.15, 0.2) is 183 Å². The Morgan fingerprint density at radius 2 is 0.559 bits per heavy atom. The highest BCUT2D eigenvalue weighted by atomic mass is 19.1. The van der Waals surface area contributed by atoms with Crippen molar-refractivity contribution < 1.29 is 74.4 Å². The number of halogens is 5. The van der Waals surface area contributed by atoms with Crippen molar-refractivity contribution in [2.24, 2.45) is 0 Å². The van der Waals surface area contributed by atoms with Gasteiger partial charge in [0.1, 0.15) is 147 Å². The van der Waals surface area contributed by atoms with Gasteiger partial charge in [-0.05, 0) is 151 Å². The van der Waals surface area contributed by atoms with Crippen LogP contribution in [0.25, 0.3) is 54.5 Å². The number of ether oxygens (including phenoxy) is 10. The largest absolute Gasteiger partial charge is 0.486 e. The molecule has 23 rings (SSSR count). The van der Waals surface area contributed by atoms with E-state index in [2.05, 4.69) is 125 Å². The first kappa shape index (κ1) is 99.0. The van der Waals surface area contributed by atoms with Gasteiger partial charge < -0.3 is 99.1 Å². The molecule has 13 heterocycles. The van der Waals surface area contributed by atoms with Gasteiger partial charge in [-0.25, -0.2) is 71.8 Å². The van der Waals surface area contributed by atoms with Gasteiger partial charge in [0.2, 0.25) is 0 Å². The molecule has 0 spiro atoms. The molecular formula is C107H115F5N22O11. The first-order valence-corrected chi connectivity index (χ1v) is 48.5. The van der Waals surface area contributed by atoms with Crippen molar-refractivity contribution in [3.05, 3.63) is 240 Å². The zero-order chi connectivity index (χ0) is 100. The Morgan fingerprint density at radius 1 is 0.317 bits per heavy atom. The smallest absolute Gasteiger partial charge is 0.163 e. The van der Waals surface area contributed by atoms with Crippen molar-refractivity contribution in [2.75, 3.05) is 199 Å².